The highest BCUT2D eigenvalue weighted by molar-refractivity contribution is 9.10. The van der Waals surface area contributed by atoms with Crippen LogP contribution in [0.15, 0.2) is 16.9 Å². The number of carbonyl (C=O) groups is 1. The number of aryl methyl sites for hydroxylation is 1. The van der Waals surface area contributed by atoms with Gasteiger partial charge in [0, 0.05) is 38.4 Å². The molecule has 2 saturated heterocycles. The monoisotopic (exact) mass is 504 g/mol. The van der Waals surface area contributed by atoms with Crippen LogP contribution >= 0.6 is 15.9 Å². The lowest BCUT2D eigenvalue weighted by molar-refractivity contribution is -0.133. The number of nitrogens with zero attached hydrogens (tertiary/aromatic N) is 5. The van der Waals surface area contributed by atoms with Gasteiger partial charge < -0.3 is 20.9 Å². The summed E-state index contributed by atoms with van der Waals surface area (Å²) in [6, 6.07) is 0.437. The predicted molar refractivity (Wildman–Crippen MR) is 129 cm³/mol. The first-order chi connectivity index (χ1) is 15.6. The molecule has 174 valence electrons. The minimum atomic E-state index is 0.280. The quantitative estimate of drug-likeness (QED) is 0.449. The van der Waals surface area contributed by atoms with Crippen molar-refractivity contribution in [2.75, 3.05) is 43.4 Å². The number of carbonyl (C=O) groups excluding carboxylic acids is 1. The molecule has 4 heterocycles. The molecular weight excluding hydrogens is 472 g/mol. The first-order valence-corrected chi connectivity index (χ1v) is 12.5. The van der Waals surface area contributed by atoms with Gasteiger partial charge in [-0.1, -0.05) is 6.92 Å². The maximum Gasteiger partial charge on any atom is 0.229 e. The Morgan fingerprint density at radius 1 is 1.28 bits per heavy atom. The van der Waals surface area contributed by atoms with E-state index in [0.29, 0.717) is 18.4 Å². The van der Waals surface area contributed by atoms with Crippen molar-refractivity contribution in [3.05, 3.63) is 22.6 Å². The predicted octanol–water partition coefficient (Wildman–Crippen LogP) is 3.48. The summed E-state index contributed by atoms with van der Waals surface area (Å²) in [5.41, 5.74) is 1.98. The van der Waals surface area contributed by atoms with E-state index in [0.717, 1.165) is 92.9 Å². The number of rotatable bonds is 9. The summed E-state index contributed by atoms with van der Waals surface area (Å²) in [5, 5.41) is 15.0. The molecule has 0 saturated carbocycles. The molecule has 2 aliphatic rings. The molecule has 2 aromatic rings. The Balaban J connectivity index is 1.36. The van der Waals surface area contributed by atoms with Crippen LogP contribution in [-0.2, 0) is 11.2 Å². The van der Waals surface area contributed by atoms with E-state index < -0.39 is 0 Å². The molecule has 2 aromatic heterocycles. The zero-order chi connectivity index (χ0) is 22.3. The maximum absolute atomic E-state index is 11.9. The third-order valence-corrected chi connectivity index (χ3v) is 6.72. The Kier molecular flexibility index (Phi) is 7.96. The van der Waals surface area contributed by atoms with Gasteiger partial charge in [0.25, 0.3) is 0 Å². The van der Waals surface area contributed by atoms with Crippen LogP contribution in [0.5, 0.6) is 0 Å². The highest BCUT2D eigenvalue weighted by Gasteiger charge is 2.19. The lowest BCUT2D eigenvalue weighted by Gasteiger charge is -2.26. The van der Waals surface area contributed by atoms with Crippen LogP contribution in [-0.4, -0.2) is 63.3 Å². The van der Waals surface area contributed by atoms with Crippen LogP contribution in [0.2, 0.25) is 0 Å². The number of halogens is 1. The molecule has 1 amide bonds. The molecule has 2 fully saturated rings. The average Bonchev–Trinajstić information content (AvgIpc) is 3.23. The number of amides is 1. The van der Waals surface area contributed by atoms with Gasteiger partial charge in [0.05, 0.1) is 21.9 Å². The van der Waals surface area contributed by atoms with Gasteiger partial charge in [-0.05, 0) is 67.5 Å². The Bertz CT molecular complexity index is 911. The lowest BCUT2D eigenvalue weighted by atomic mass is 10.1. The Labute approximate surface area is 197 Å². The fourth-order valence-electron chi connectivity index (χ4n) is 4.30. The van der Waals surface area contributed by atoms with Crippen molar-refractivity contribution in [3.63, 3.8) is 0 Å². The number of likely N-dealkylation sites (tertiary alicyclic amines) is 1. The van der Waals surface area contributed by atoms with Gasteiger partial charge in [-0.25, -0.2) is 4.98 Å². The molecule has 0 bridgehead atoms. The van der Waals surface area contributed by atoms with Crippen LogP contribution < -0.4 is 16.0 Å². The minimum Gasteiger partial charge on any atom is -0.369 e. The largest absolute Gasteiger partial charge is 0.369 e. The van der Waals surface area contributed by atoms with E-state index >= 15 is 0 Å². The smallest absolute Gasteiger partial charge is 0.229 e. The third-order valence-electron chi connectivity index (χ3n) is 6.14. The van der Waals surface area contributed by atoms with Crippen molar-refractivity contribution >= 4 is 39.3 Å². The maximum atomic E-state index is 11.9. The molecule has 0 radical (unpaired) electrons. The molecule has 9 nitrogen and oxygen atoms in total. The van der Waals surface area contributed by atoms with Gasteiger partial charge in [0.15, 0.2) is 0 Å². The second-order valence-corrected chi connectivity index (χ2v) is 9.29. The van der Waals surface area contributed by atoms with Crippen LogP contribution in [0.25, 0.3) is 0 Å². The van der Waals surface area contributed by atoms with Gasteiger partial charge >= 0.3 is 0 Å². The van der Waals surface area contributed by atoms with E-state index in [-0.39, 0.29) is 5.91 Å². The van der Waals surface area contributed by atoms with Crippen molar-refractivity contribution in [3.8, 4) is 0 Å². The topological polar surface area (TPSA) is 100 Å². The number of hydrogen-bond acceptors (Lipinski definition) is 7. The summed E-state index contributed by atoms with van der Waals surface area (Å²) < 4.78 is 2.92. The van der Waals surface area contributed by atoms with Crippen molar-refractivity contribution in [2.24, 2.45) is 0 Å². The molecule has 0 aromatic carbocycles. The van der Waals surface area contributed by atoms with Crippen molar-refractivity contribution in [2.45, 2.75) is 57.9 Å². The zero-order valence-electron chi connectivity index (χ0n) is 18.7. The van der Waals surface area contributed by atoms with Crippen LogP contribution in [0, 0.1) is 0 Å². The normalized spacial score (nSPS) is 17.6. The summed E-state index contributed by atoms with van der Waals surface area (Å²) >= 11 is 3.54. The molecule has 0 spiro atoms. The van der Waals surface area contributed by atoms with Crippen LogP contribution in [0.3, 0.4) is 0 Å². The lowest BCUT2D eigenvalue weighted by Crippen LogP contribution is -2.36. The molecule has 3 N–H and O–H groups in total. The molecular formula is C22H33BrN8O. The highest BCUT2D eigenvalue weighted by atomic mass is 79.9. The fraction of sp³-hybridized carbons (Fsp3) is 0.636. The first kappa shape index (κ1) is 23.0. The Hall–Kier alpha value is -2.20. The zero-order valence-corrected chi connectivity index (χ0v) is 20.3. The Morgan fingerprint density at radius 2 is 2.12 bits per heavy atom. The fourth-order valence-corrected chi connectivity index (χ4v) is 4.63. The van der Waals surface area contributed by atoms with Gasteiger partial charge in [-0.15, -0.1) is 0 Å². The van der Waals surface area contributed by atoms with Gasteiger partial charge in [0.2, 0.25) is 11.9 Å². The number of hydrogen-bond donors (Lipinski definition) is 3. The van der Waals surface area contributed by atoms with Gasteiger partial charge in [-0.3, -0.25) is 9.48 Å². The highest BCUT2D eigenvalue weighted by Crippen LogP contribution is 2.26. The molecule has 0 atom stereocenters. The number of anilines is 3. The van der Waals surface area contributed by atoms with E-state index in [1.807, 2.05) is 4.90 Å². The summed E-state index contributed by atoms with van der Waals surface area (Å²) in [6.07, 6.45) is 10.6. The third kappa shape index (κ3) is 5.78. The van der Waals surface area contributed by atoms with E-state index in [4.69, 9.17) is 5.10 Å². The minimum absolute atomic E-state index is 0.280. The molecule has 10 heteroatoms. The molecule has 0 aliphatic carbocycles. The number of nitrogens with one attached hydrogen (secondary N) is 3. The van der Waals surface area contributed by atoms with E-state index in [9.17, 15) is 4.79 Å². The van der Waals surface area contributed by atoms with Crippen LogP contribution in [0.1, 0.15) is 57.2 Å². The second-order valence-electron chi connectivity index (χ2n) is 8.44. The molecule has 2 aliphatic heterocycles. The van der Waals surface area contributed by atoms with Crippen molar-refractivity contribution in [1.82, 2.24) is 30.0 Å². The van der Waals surface area contributed by atoms with Gasteiger partial charge in [0.1, 0.15) is 5.82 Å². The number of piperidine rings is 2. The summed E-state index contributed by atoms with van der Waals surface area (Å²) in [4.78, 5) is 23.0. The summed E-state index contributed by atoms with van der Waals surface area (Å²) in [5.74, 6) is 1.57. The summed E-state index contributed by atoms with van der Waals surface area (Å²) in [6.45, 7) is 6.59. The van der Waals surface area contributed by atoms with Crippen molar-refractivity contribution < 1.29 is 4.79 Å². The van der Waals surface area contributed by atoms with E-state index in [1.165, 1.54) is 0 Å². The van der Waals surface area contributed by atoms with E-state index in [2.05, 4.69) is 59.7 Å². The standard InChI is InChI=1S/C22H33BrN8O/c1-2-18-19(15-31(29-18)16-7-10-24-11-8-16)27-22-26-14-17(23)21(28-22)25-9-5-13-30-12-4-3-6-20(30)32/h14-16,24H,2-13H2,1H3,(H2,25,26,27,28). The van der Waals surface area contributed by atoms with Gasteiger partial charge in [-0.2, -0.15) is 10.1 Å². The molecule has 4 rings (SSSR count). The van der Waals surface area contributed by atoms with Crippen LogP contribution in [0.4, 0.5) is 17.5 Å². The summed E-state index contributed by atoms with van der Waals surface area (Å²) in [7, 11) is 0. The molecule has 0 unspecified atom stereocenters. The second kappa shape index (κ2) is 11.1. The molecule has 32 heavy (non-hydrogen) atoms. The first-order valence-electron chi connectivity index (χ1n) is 11.7. The SMILES string of the molecule is CCc1nn(C2CCNCC2)cc1Nc1ncc(Br)c(NCCCN2CCCCC2=O)n1. The Morgan fingerprint density at radius 3 is 2.91 bits per heavy atom. The number of aromatic nitrogens is 4. The van der Waals surface area contributed by atoms with E-state index in [1.54, 1.807) is 6.20 Å². The van der Waals surface area contributed by atoms with Crippen molar-refractivity contribution in [1.29, 1.82) is 0 Å². The average molecular weight is 505 g/mol.